The van der Waals surface area contributed by atoms with Crippen molar-refractivity contribution in [3.05, 3.63) is 70.8 Å². The van der Waals surface area contributed by atoms with E-state index in [1.807, 2.05) is 12.1 Å². The maximum Gasteiger partial charge on any atom is 0.273 e. The van der Waals surface area contributed by atoms with Gasteiger partial charge in [0.05, 0.1) is 6.21 Å². The van der Waals surface area contributed by atoms with E-state index in [9.17, 15) is 9.90 Å². The van der Waals surface area contributed by atoms with Crippen LogP contribution >= 0.6 is 0 Å². The van der Waals surface area contributed by atoms with Crippen LogP contribution in [0.15, 0.2) is 53.6 Å². The first-order valence-corrected chi connectivity index (χ1v) is 7.42. The number of hydrogen-bond donors (Lipinski definition) is 2. The van der Waals surface area contributed by atoms with Gasteiger partial charge in [-0.25, -0.2) is 5.43 Å². The zero-order chi connectivity index (χ0) is 15.4. The highest BCUT2D eigenvalue weighted by atomic mass is 16.3. The lowest BCUT2D eigenvalue weighted by Gasteiger charge is -2.08. The molecule has 0 saturated heterocycles. The second-order valence-electron chi connectivity index (χ2n) is 5.43. The van der Waals surface area contributed by atoms with Crippen molar-refractivity contribution in [2.45, 2.75) is 25.4 Å². The summed E-state index contributed by atoms with van der Waals surface area (Å²) in [4.78, 5) is 11.8. The van der Waals surface area contributed by atoms with Crippen LogP contribution in [-0.2, 0) is 17.6 Å². The van der Waals surface area contributed by atoms with Gasteiger partial charge in [0.1, 0.15) is 0 Å². The smallest absolute Gasteiger partial charge is 0.273 e. The molecule has 2 N–H and O–H groups in total. The number of rotatable bonds is 4. The van der Waals surface area contributed by atoms with E-state index in [2.05, 4.69) is 22.7 Å². The number of nitrogens with one attached hydrogen (secondary N) is 1. The molecular weight excluding hydrogens is 276 g/mol. The fourth-order valence-electron chi connectivity index (χ4n) is 2.69. The predicted molar refractivity (Wildman–Crippen MR) is 85.6 cm³/mol. The third-order valence-corrected chi connectivity index (χ3v) is 3.87. The van der Waals surface area contributed by atoms with Gasteiger partial charge >= 0.3 is 0 Å². The molecule has 112 valence electrons. The molecule has 1 aliphatic rings. The Hall–Kier alpha value is -2.46. The van der Waals surface area contributed by atoms with Gasteiger partial charge in [-0.05, 0) is 47.6 Å². The van der Waals surface area contributed by atoms with E-state index in [0.29, 0.717) is 5.56 Å². The summed E-state index contributed by atoms with van der Waals surface area (Å²) in [6.07, 6.45) is 3.85. The lowest BCUT2D eigenvalue weighted by Crippen LogP contribution is -2.25. The van der Waals surface area contributed by atoms with Crippen LogP contribution in [0, 0.1) is 0 Å². The Morgan fingerprint density at radius 3 is 2.73 bits per heavy atom. The number of benzene rings is 2. The Morgan fingerprint density at radius 1 is 1.14 bits per heavy atom. The molecule has 0 unspecified atom stereocenters. The molecule has 0 radical (unpaired) electrons. The highest BCUT2D eigenvalue weighted by Gasteiger charge is 2.16. The van der Waals surface area contributed by atoms with Gasteiger partial charge in [-0.3, -0.25) is 4.79 Å². The molecule has 1 amide bonds. The van der Waals surface area contributed by atoms with Crippen molar-refractivity contribution >= 4 is 12.1 Å². The number of fused-ring (bicyclic) bond motifs is 1. The summed E-state index contributed by atoms with van der Waals surface area (Å²) in [5.74, 6) is -0.538. The van der Waals surface area contributed by atoms with Gasteiger partial charge in [0.2, 0.25) is 0 Å². The Balaban J connectivity index is 1.61. The van der Waals surface area contributed by atoms with Crippen LogP contribution in [0.1, 0.15) is 34.8 Å². The number of hydrazone groups is 1. The van der Waals surface area contributed by atoms with E-state index in [1.54, 1.807) is 30.5 Å². The van der Waals surface area contributed by atoms with Crippen LogP contribution in [0.3, 0.4) is 0 Å². The Bertz CT molecular complexity index is 695. The lowest BCUT2D eigenvalue weighted by molar-refractivity contribution is -0.129. The minimum atomic E-state index is -1.21. The molecule has 0 spiro atoms. The van der Waals surface area contributed by atoms with E-state index < -0.39 is 12.0 Å². The van der Waals surface area contributed by atoms with E-state index in [4.69, 9.17) is 0 Å². The SMILES string of the molecule is O=C(N/N=C/c1ccc2c(c1)CCC2)[C@H](O)c1ccccc1. The summed E-state index contributed by atoms with van der Waals surface area (Å²) in [7, 11) is 0. The van der Waals surface area contributed by atoms with E-state index >= 15 is 0 Å². The highest BCUT2D eigenvalue weighted by molar-refractivity contribution is 5.85. The standard InChI is InChI=1S/C18H18N2O2/c21-17(15-5-2-1-3-6-15)18(22)20-19-12-13-9-10-14-7-4-8-16(14)11-13/h1-3,5-6,9-12,17,21H,4,7-8H2,(H,20,22)/b19-12+/t17-/m1/s1. The summed E-state index contributed by atoms with van der Waals surface area (Å²) in [6, 6.07) is 15.0. The zero-order valence-corrected chi connectivity index (χ0v) is 12.2. The molecule has 0 fully saturated rings. The van der Waals surface area contributed by atoms with Gasteiger partial charge in [-0.2, -0.15) is 5.10 Å². The van der Waals surface area contributed by atoms with E-state index in [-0.39, 0.29) is 0 Å². The average molecular weight is 294 g/mol. The topological polar surface area (TPSA) is 61.7 Å². The van der Waals surface area contributed by atoms with Gasteiger partial charge < -0.3 is 5.11 Å². The number of nitrogens with zero attached hydrogens (tertiary/aromatic N) is 1. The molecule has 4 heteroatoms. The average Bonchev–Trinajstić information content (AvgIpc) is 3.02. The molecule has 0 heterocycles. The normalized spacial score (nSPS) is 14.8. The molecule has 2 aromatic rings. The molecule has 1 aliphatic carbocycles. The van der Waals surface area contributed by atoms with Crippen molar-refractivity contribution in [2.24, 2.45) is 5.10 Å². The van der Waals surface area contributed by atoms with Crippen LogP contribution in [0.5, 0.6) is 0 Å². The molecule has 0 saturated carbocycles. The molecule has 1 atom stereocenters. The Kier molecular flexibility index (Phi) is 4.30. The van der Waals surface area contributed by atoms with Crippen molar-refractivity contribution in [3.63, 3.8) is 0 Å². The van der Waals surface area contributed by atoms with E-state index in [0.717, 1.165) is 18.4 Å². The highest BCUT2D eigenvalue weighted by Crippen LogP contribution is 2.22. The monoisotopic (exact) mass is 294 g/mol. The van der Waals surface area contributed by atoms with Crippen molar-refractivity contribution in [3.8, 4) is 0 Å². The van der Waals surface area contributed by atoms with Crippen LogP contribution in [0.25, 0.3) is 0 Å². The summed E-state index contributed by atoms with van der Waals surface area (Å²) in [6.45, 7) is 0. The number of aliphatic hydroxyl groups excluding tert-OH is 1. The van der Waals surface area contributed by atoms with E-state index in [1.165, 1.54) is 17.5 Å². The summed E-state index contributed by atoms with van der Waals surface area (Å²) < 4.78 is 0. The number of carbonyl (C=O) groups is 1. The number of amides is 1. The molecule has 0 bridgehead atoms. The molecule has 0 aromatic heterocycles. The first-order chi connectivity index (χ1) is 10.7. The maximum absolute atomic E-state index is 11.8. The molecular formula is C18H18N2O2. The second-order valence-corrected chi connectivity index (χ2v) is 5.43. The Morgan fingerprint density at radius 2 is 1.91 bits per heavy atom. The third-order valence-electron chi connectivity index (χ3n) is 3.87. The molecule has 22 heavy (non-hydrogen) atoms. The molecule has 4 nitrogen and oxygen atoms in total. The van der Waals surface area contributed by atoms with Crippen LogP contribution < -0.4 is 5.43 Å². The van der Waals surface area contributed by atoms with Gasteiger partial charge in [0.15, 0.2) is 6.10 Å². The number of hydrogen-bond acceptors (Lipinski definition) is 3. The van der Waals surface area contributed by atoms with Crippen molar-refractivity contribution in [1.82, 2.24) is 5.43 Å². The summed E-state index contributed by atoms with van der Waals surface area (Å²) >= 11 is 0. The number of aliphatic hydroxyl groups is 1. The summed E-state index contributed by atoms with van der Waals surface area (Å²) in [5.41, 5.74) is 6.64. The third kappa shape index (κ3) is 3.23. The number of aryl methyl sites for hydroxylation is 2. The lowest BCUT2D eigenvalue weighted by atomic mass is 10.1. The van der Waals surface area contributed by atoms with Crippen molar-refractivity contribution in [2.75, 3.05) is 0 Å². The van der Waals surface area contributed by atoms with Gasteiger partial charge in [0, 0.05) is 0 Å². The van der Waals surface area contributed by atoms with Crippen LogP contribution in [0.2, 0.25) is 0 Å². The zero-order valence-electron chi connectivity index (χ0n) is 12.2. The van der Waals surface area contributed by atoms with Crippen molar-refractivity contribution < 1.29 is 9.90 Å². The predicted octanol–water partition coefficient (Wildman–Crippen LogP) is 2.36. The largest absolute Gasteiger partial charge is 0.378 e. The fourth-order valence-corrected chi connectivity index (χ4v) is 2.69. The van der Waals surface area contributed by atoms with Gasteiger partial charge in [-0.15, -0.1) is 0 Å². The minimum Gasteiger partial charge on any atom is -0.378 e. The maximum atomic E-state index is 11.8. The first-order valence-electron chi connectivity index (χ1n) is 7.42. The quantitative estimate of drug-likeness (QED) is 0.671. The van der Waals surface area contributed by atoms with Gasteiger partial charge in [-0.1, -0.05) is 42.5 Å². The Labute approximate surface area is 129 Å². The molecule has 3 rings (SSSR count). The number of carbonyl (C=O) groups excluding carboxylic acids is 1. The van der Waals surface area contributed by atoms with Crippen LogP contribution in [-0.4, -0.2) is 17.2 Å². The fraction of sp³-hybridized carbons (Fsp3) is 0.222. The van der Waals surface area contributed by atoms with Crippen molar-refractivity contribution in [1.29, 1.82) is 0 Å². The second kappa shape index (κ2) is 6.54. The summed E-state index contributed by atoms with van der Waals surface area (Å²) in [5, 5.41) is 13.9. The van der Waals surface area contributed by atoms with Crippen LogP contribution in [0.4, 0.5) is 0 Å². The molecule has 2 aromatic carbocycles. The molecule has 0 aliphatic heterocycles. The first kappa shape index (κ1) is 14.5. The minimum absolute atomic E-state index is 0.538. The van der Waals surface area contributed by atoms with Gasteiger partial charge in [0.25, 0.3) is 5.91 Å².